The van der Waals surface area contributed by atoms with Gasteiger partial charge in [-0.2, -0.15) is 0 Å². The van der Waals surface area contributed by atoms with Gasteiger partial charge >= 0.3 is 5.97 Å². The number of carboxylic acid groups (broad SMARTS) is 1. The molecule has 5 nitrogen and oxygen atoms in total. The van der Waals surface area contributed by atoms with Crippen molar-refractivity contribution in [2.75, 3.05) is 5.75 Å². The van der Waals surface area contributed by atoms with E-state index in [2.05, 4.69) is 0 Å². The molecule has 0 saturated carbocycles. The van der Waals surface area contributed by atoms with Crippen LogP contribution in [-0.2, 0) is 14.8 Å². The Balaban J connectivity index is 3.02. The van der Waals surface area contributed by atoms with Crippen molar-refractivity contribution in [3.05, 3.63) is 24.3 Å². The lowest BCUT2D eigenvalue weighted by molar-refractivity contribution is -0.133. The van der Waals surface area contributed by atoms with E-state index in [1.54, 1.807) is 6.07 Å². The molecule has 1 aromatic rings. The lowest BCUT2D eigenvalue weighted by Crippen LogP contribution is -2.13. The molecule has 15 heavy (non-hydrogen) atoms. The highest BCUT2D eigenvalue weighted by molar-refractivity contribution is 8.00. The van der Waals surface area contributed by atoms with E-state index < -0.39 is 16.0 Å². The number of primary sulfonamides is 1. The molecule has 82 valence electrons. The molecule has 0 atom stereocenters. The van der Waals surface area contributed by atoms with Crippen LogP contribution in [0.1, 0.15) is 0 Å². The highest BCUT2D eigenvalue weighted by Gasteiger charge is 2.13. The van der Waals surface area contributed by atoms with Crippen LogP contribution < -0.4 is 5.14 Å². The Kier molecular flexibility index (Phi) is 3.72. The molecular formula is C8H9NO4S2. The van der Waals surface area contributed by atoms with E-state index in [9.17, 15) is 13.2 Å². The summed E-state index contributed by atoms with van der Waals surface area (Å²) >= 11 is 0.923. The predicted octanol–water partition coefficient (Wildman–Crippen LogP) is 0.511. The van der Waals surface area contributed by atoms with Crippen LogP contribution in [-0.4, -0.2) is 25.2 Å². The third-order valence-electron chi connectivity index (χ3n) is 1.51. The summed E-state index contributed by atoms with van der Waals surface area (Å²) in [6.45, 7) is 0. The molecule has 0 unspecified atom stereocenters. The first-order valence-electron chi connectivity index (χ1n) is 3.87. The maximum atomic E-state index is 11.1. The van der Waals surface area contributed by atoms with Crippen molar-refractivity contribution in [1.82, 2.24) is 0 Å². The molecule has 0 aromatic heterocycles. The number of carboxylic acids is 1. The maximum absolute atomic E-state index is 11.1. The fourth-order valence-corrected chi connectivity index (χ4v) is 2.75. The summed E-state index contributed by atoms with van der Waals surface area (Å²) in [5.74, 6) is -1.21. The van der Waals surface area contributed by atoms with Crippen LogP contribution >= 0.6 is 11.8 Å². The summed E-state index contributed by atoms with van der Waals surface area (Å²) in [4.78, 5) is 10.6. The fraction of sp³-hybridized carbons (Fsp3) is 0.125. The molecule has 0 heterocycles. The van der Waals surface area contributed by atoms with Crippen molar-refractivity contribution in [2.45, 2.75) is 9.79 Å². The van der Waals surface area contributed by atoms with Crippen LogP contribution in [0.15, 0.2) is 34.1 Å². The van der Waals surface area contributed by atoms with Gasteiger partial charge in [0.05, 0.1) is 10.6 Å². The van der Waals surface area contributed by atoms with Crippen LogP contribution in [0.25, 0.3) is 0 Å². The minimum Gasteiger partial charge on any atom is -0.481 e. The number of thioether (sulfide) groups is 1. The van der Waals surface area contributed by atoms with Gasteiger partial charge in [0, 0.05) is 4.90 Å². The summed E-state index contributed by atoms with van der Waals surface area (Å²) in [5, 5.41) is 13.4. The van der Waals surface area contributed by atoms with Crippen molar-refractivity contribution < 1.29 is 18.3 Å². The third-order valence-corrected chi connectivity index (χ3v) is 3.66. The van der Waals surface area contributed by atoms with Gasteiger partial charge in [0.25, 0.3) is 0 Å². The zero-order chi connectivity index (χ0) is 11.5. The van der Waals surface area contributed by atoms with Crippen molar-refractivity contribution >= 4 is 27.8 Å². The largest absolute Gasteiger partial charge is 0.481 e. The molecule has 0 bridgehead atoms. The van der Waals surface area contributed by atoms with Crippen LogP contribution in [0.5, 0.6) is 0 Å². The average Bonchev–Trinajstić information content (AvgIpc) is 2.13. The van der Waals surface area contributed by atoms with Gasteiger partial charge in [0.1, 0.15) is 0 Å². The van der Waals surface area contributed by atoms with Crippen molar-refractivity contribution in [3.63, 3.8) is 0 Å². The Morgan fingerprint density at radius 3 is 2.53 bits per heavy atom. The number of hydrogen-bond donors (Lipinski definition) is 2. The molecule has 0 spiro atoms. The molecule has 0 amide bonds. The predicted molar refractivity (Wildman–Crippen MR) is 56.2 cm³/mol. The molecule has 0 aliphatic carbocycles. The molecule has 1 rings (SSSR count). The summed E-state index contributed by atoms with van der Waals surface area (Å²) in [7, 11) is -3.80. The van der Waals surface area contributed by atoms with Gasteiger partial charge in [-0.25, -0.2) is 13.6 Å². The first-order valence-corrected chi connectivity index (χ1v) is 6.41. The minimum atomic E-state index is -3.80. The first kappa shape index (κ1) is 12.0. The number of sulfonamides is 1. The van der Waals surface area contributed by atoms with Gasteiger partial charge in [-0.1, -0.05) is 12.1 Å². The number of benzene rings is 1. The monoisotopic (exact) mass is 247 g/mol. The second kappa shape index (κ2) is 4.65. The smallest absolute Gasteiger partial charge is 0.313 e. The summed E-state index contributed by atoms with van der Waals surface area (Å²) < 4.78 is 22.2. The van der Waals surface area contributed by atoms with Crippen LogP contribution in [0.3, 0.4) is 0 Å². The van der Waals surface area contributed by atoms with Crippen LogP contribution in [0.4, 0.5) is 0 Å². The van der Waals surface area contributed by atoms with Crippen LogP contribution in [0.2, 0.25) is 0 Å². The van der Waals surface area contributed by atoms with E-state index in [0.717, 1.165) is 11.8 Å². The molecule has 0 radical (unpaired) electrons. The van der Waals surface area contributed by atoms with E-state index in [0.29, 0.717) is 4.90 Å². The standard InChI is InChI=1S/C8H9NO4S2/c9-15(12,13)7-4-2-1-3-6(7)14-5-8(10)11/h1-4H,5H2,(H,10,11)(H2,9,12,13). The maximum Gasteiger partial charge on any atom is 0.313 e. The third kappa shape index (κ3) is 3.54. The second-order valence-corrected chi connectivity index (χ2v) is 5.22. The minimum absolute atomic E-state index is 0.0451. The topological polar surface area (TPSA) is 97.5 Å². The quantitative estimate of drug-likeness (QED) is 0.755. The van der Waals surface area contributed by atoms with Crippen molar-refractivity contribution in [3.8, 4) is 0 Å². The van der Waals surface area contributed by atoms with Crippen molar-refractivity contribution in [1.29, 1.82) is 0 Å². The summed E-state index contributed by atoms with van der Waals surface area (Å²) in [6, 6.07) is 6.02. The molecule has 7 heteroatoms. The van der Waals surface area contributed by atoms with E-state index in [1.807, 2.05) is 0 Å². The van der Waals surface area contributed by atoms with E-state index in [1.165, 1.54) is 18.2 Å². The summed E-state index contributed by atoms with van der Waals surface area (Å²) in [6.07, 6.45) is 0. The van der Waals surface area contributed by atoms with Gasteiger partial charge in [0.15, 0.2) is 0 Å². The normalized spacial score (nSPS) is 11.3. The lowest BCUT2D eigenvalue weighted by atomic mass is 10.4. The Morgan fingerprint density at radius 2 is 2.00 bits per heavy atom. The van der Waals surface area contributed by atoms with Crippen LogP contribution in [0, 0.1) is 0 Å². The second-order valence-electron chi connectivity index (χ2n) is 2.67. The molecule has 0 saturated heterocycles. The molecule has 0 fully saturated rings. The van der Waals surface area contributed by atoms with Crippen molar-refractivity contribution in [2.24, 2.45) is 5.14 Å². The van der Waals surface area contributed by atoms with Gasteiger partial charge in [-0.3, -0.25) is 4.79 Å². The van der Waals surface area contributed by atoms with Gasteiger partial charge in [-0.15, -0.1) is 11.8 Å². The lowest BCUT2D eigenvalue weighted by Gasteiger charge is -2.04. The number of hydrogen-bond acceptors (Lipinski definition) is 4. The Hall–Kier alpha value is -1.05. The molecule has 0 aliphatic rings. The van der Waals surface area contributed by atoms with E-state index in [-0.39, 0.29) is 10.6 Å². The Labute approximate surface area is 91.3 Å². The number of aliphatic carboxylic acids is 1. The zero-order valence-electron chi connectivity index (χ0n) is 7.58. The zero-order valence-corrected chi connectivity index (χ0v) is 9.22. The van der Waals surface area contributed by atoms with Gasteiger partial charge < -0.3 is 5.11 Å². The number of carbonyl (C=O) groups is 1. The Morgan fingerprint density at radius 1 is 1.40 bits per heavy atom. The number of rotatable bonds is 4. The van der Waals surface area contributed by atoms with Gasteiger partial charge in [-0.05, 0) is 12.1 Å². The summed E-state index contributed by atoms with van der Waals surface area (Å²) in [5.41, 5.74) is 0. The number of nitrogens with two attached hydrogens (primary N) is 1. The van der Waals surface area contributed by atoms with E-state index >= 15 is 0 Å². The van der Waals surface area contributed by atoms with E-state index in [4.69, 9.17) is 10.2 Å². The Bertz CT molecular complexity index is 469. The average molecular weight is 247 g/mol. The molecule has 3 N–H and O–H groups in total. The first-order chi connectivity index (χ1) is 6.91. The SMILES string of the molecule is NS(=O)(=O)c1ccccc1SCC(=O)O. The highest BCUT2D eigenvalue weighted by Crippen LogP contribution is 2.25. The van der Waals surface area contributed by atoms with Gasteiger partial charge in [0.2, 0.25) is 10.0 Å². The fourth-order valence-electron chi connectivity index (χ4n) is 0.944. The highest BCUT2D eigenvalue weighted by atomic mass is 32.2. The molecule has 1 aromatic carbocycles. The molecule has 0 aliphatic heterocycles. The molecular weight excluding hydrogens is 238 g/mol.